The first kappa shape index (κ1) is 10.9. The molecule has 2 rings (SSSR count). The summed E-state index contributed by atoms with van der Waals surface area (Å²) in [4.78, 5) is 10.7. The fourth-order valence-electron chi connectivity index (χ4n) is 0.643. The summed E-state index contributed by atoms with van der Waals surface area (Å²) in [5.74, 6) is -0.967. The number of benzene rings is 1. The Morgan fingerprint density at radius 3 is 2.23 bits per heavy atom. The van der Waals surface area contributed by atoms with Crippen LogP contribution in [0.15, 0.2) is 29.2 Å². The molecule has 1 aliphatic heterocycles. The van der Waals surface area contributed by atoms with Gasteiger partial charge in [0.15, 0.2) is 0 Å². The summed E-state index contributed by atoms with van der Waals surface area (Å²) in [6, 6.07) is 6.46. The van der Waals surface area contributed by atoms with Crippen LogP contribution in [-0.4, -0.2) is 11.1 Å². The van der Waals surface area contributed by atoms with Gasteiger partial charge in [-0.25, -0.2) is 4.79 Å². The summed E-state index contributed by atoms with van der Waals surface area (Å²) >= 11 is 4.91. The third-order valence-corrected chi connectivity index (χ3v) is 4.58. The first-order valence-electron chi connectivity index (χ1n) is 4.21. The number of hydrogen-bond acceptors (Lipinski definition) is 2. The molecule has 2 nitrogen and oxygen atoms in total. The third kappa shape index (κ3) is 4.57. The molecular formula is C9H9HgO2S-. The second-order valence-electron chi connectivity index (χ2n) is 2.86. The van der Waals surface area contributed by atoms with Gasteiger partial charge in [0.1, 0.15) is 0 Å². The van der Waals surface area contributed by atoms with E-state index in [4.69, 9.17) is 17.7 Å². The summed E-state index contributed by atoms with van der Waals surface area (Å²) in [6.07, 6.45) is 0. The van der Waals surface area contributed by atoms with E-state index in [0.717, 1.165) is 0 Å². The van der Waals surface area contributed by atoms with Crippen molar-refractivity contribution in [1.29, 1.82) is 0 Å². The second-order valence-corrected chi connectivity index (χ2v) is 11.5. The normalized spacial score (nSPS) is 11.4. The minimum atomic E-state index is -0.967. The van der Waals surface area contributed by atoms with Crippen molar-refractivity contribution in [3.05, 3.63) is 29.8 Å². The number of hydrogen-bond donors (Lipinski definition) is 1. The molecule has 1 saturated heterocycles. The van der Waals surface area contributed by atoms with Crippen LogP contribution in [-0.2, 0) is 37.2 Å². The number of carbonyl (C=O) groups is 1. The molecule has 1 fully saturated rings. The molecule has 1 heterocycles. The van der Waals surface area contributed by atoms with Crippen molar-refractivity contribution in [2.45, 2.75) is 12.8 Å². The van der Waals surface area contributed by atoms with Gasteiger partial charge in [0.2, 0.25) is 0 Å². The zero-order valence-corrected chi connectivity index (χ0v) is 13.5. The molecule has 0 atom stereocenters. The monoisotopic (exact) mass is 383 g/mol. The molecule has 0 spiro atoms. The fourth-order valence-corrected chi connectivity index (χ4v) is 0.877. The van der Waals surface area contributed by atoms with Crippen molar-refractivity contribution in [1.82, 2.24) is 0 Å². The van der Waals surface area contributed by atoms with E-state index in [2.05, 4.69) is 0 Å². The molecule has 0 unspecified atom stereocenters. The van der Waals surface area contributed by atoms with Gasteiger partial charge in [0.05, 0.1) is 0 Å². The van der Waals surface area contributed by atoms with Crippen LogP contribution in [0.4, 0.5) is 0 Å². The van der Waals surface area contributed by atoms with E-state index >= 15 is 0 Å². The number of carboxylic acids is 1. The Bertz CT molecular complexity index is 297. The van der Waals surface area contributed by atoms with Gasteiger partial charge in [-0.1, -0.05) is 18.2 Å². The molecule has 1 aliphatic rings. The standard InChI is InChI=1S/C7H6O2S.C2H4.Hg/c8-7(9)5-3-1-2-4-6(5)10;1-2;/h1-4,10H,(H,8,9);1-2H2;/p-1. The molecule has 0 bridgehead atoms. The molecule has 4 heteroatoms. The van der Waals surface area contributed by atoms with Gasteiger partial charge >= 0.3 is 38.4 Å². The molecule has 0 radical (unpaired) electrons. The Kier molecular flexibility index (Phi) is 4.66. The van der Waals surface area contributed by atoms with Crippen LogP contribution in [0.3, 0.4) is 0 Å². The first-order chi connectivity index (χ1) is 6.22. The first-order valence-corrected chi connectivity index (χ1v) is 12.4. The van der Waals surface area contributed by atoms with E-state index in [1.807, 2.05) is 0 Å². The number of aromatic carboxylic acids is 1. The van der Waals surface area contributed by atoms with Crippen molar-refractivity contribution in [2.75, 3.05) is 0 Å². The van der Waals surface area contributed by atoms with Crippen LogP contribution in [0.5, 0.6) is 0 Å². The Morgan fingerprint density at radius 1 is 1.38 bits per heavy atom. The number of carboxylic acid groups (broad SMARTS) is 1. The molecule has 66 valence electrons. The zero-order valence-electron chi connectivity index (χ0n) is 7.19. The maximum atomic E-state index is 10.4. The van der Waals surface area contributed by atoms with E-state index in [9.17, 15) is 4.79 Å². The summed E-state index contributed by atoms with van der Waals surface area (Å²) in [6.45, 7) is 0. The molecule has 0 aliphatic carbocycles. The van der Waals surface area contributed by atoms with Crippen LogP contribution >= 0.6 is 0 Å². The van der Waals surface area contributed by atoms with Gasteiger partial charge in [-0.2, -0.15) is 4.90 Å². The topological polar surface area (TPSA) is 37.3 Å². The molecule has 1 aromatic carbocycles. The molecule has 0 amide bonds. The predicted octanol–water partition coefficient (Wildman–Crippen LogP) is 2.21. The van der Waals surface area contributed by atoms with Crippen molar-refractivity contribution < 1.29 is 34.5 Å². The van der Waals surface area contributed by atoms with Gasteiger partial charge in [0.25, 0.3) is 0 Å². The van der Waals surface area contributed by atoms with Crippen LogP contribution < -0.4 is 0 Å². The quantitative estimate of drug-likeness (QED) is 0.598. The van der Waals surface area contributed by atoms with Crippen molar-refractivity contribution in [3.8, 4) is 0 Å². The third-order valence-electron chi connectivity index (χ3n) is 1.47. The molecule has 1 aromatic rings. The SMILES string of the molecule is O=C(O)c1ccccc1[S-].[CH2]1[CH2][Hg]1. The predicted molar refractivity (Wildman–Crippen MR) is 48.6 cm³/mol. The molecule has 0 aromatic heterocycles. The van der Waals surface area contributed by atoms with Gasteiger partial charge in [0, 0.05) is 5.56 Å². The summed E-state index contributed by atoms with van der Waals surface area (Å²) in [7, 11) is 0. The summed E-state index contributed by atoms with van der Waals surface area (Å²) < 4.78 is 3.44. The maximum absolute atomic E-state index is 10.4. The van der Waals surface area contributed by atoms with Crippen LogP contribution in [0, 0.1) is 0 Å². The molecular weight excluding hydrogens is 373 g/mol. The zero-order chi connectivity index (χ0) is 9.68. The fraction of sp³-hybridized carbons (Fsp3) is 0.222. The van der Waals surface area contributed by atoms with E-state index in [1.54, 1.807) is 26.1 Å². The van der Waals surface area contributed by atoms with E-state index < -0.39 is 5.97 Å². The Labute approximate surface area is 95.2 Å². The Morgan fingerprint density at radius 2 is 1.92 bits per heavy atom. The second kappa shape index (κ2) is 5.55. The summed E-state index contributed by atoms with van der Waals surface area (Å²) in [5, 5.41) is 8.50. The molecule has 1 N–H and O–H groups in total. The Balaban J connectivity index is 0.000000236. The molecule has 0 saturated carbocycles. The minimum absolute atomic E-state index is 0.167. The van der Waals surface area contributed by atoms with Gasteiger partial charge in [-0.3, -0.25) is 0 Å². The molecule has 13 heavy (non-hydrogen) atoms. The van der Waals surface area contributed by atoms with Gasteiger partial charge in [-0.15, -0.1) is 0 Å². The van der Waals surface area contributed by atoms with E-state index in [0.29, 0.717) is 4.90 Å². The van der Waals surface area contributed by atoms with Crippen molar-refractivity contribution >= 4 is 18.6 Å². The average molecular weight is 382 g/mol. The van der Waals surface area contributed by atoms with Crippen LogP contribution in [0.1, 0.15) is 10.4 Å². The van der Waals surface area contributed by atoms with E-state index in [-0.39, 0.29) is 30.1 Å². The van der Waals surface area contributed by atoms with Gasteiger partial charge in [-0.05, 0) is 6.07 Å². The summed E-state index contributed by atoms with van der Waals surface area (Å²) in [5.41, 5.74) is 0.192. The van der Waals surface area contributed by atoms with Gasteiger partial charge < -0.3 is 17.7 Å². The van der Waals surface area contributed by atoms with Crippen molar-refractivity contribution in [2.24, 2.45) is 0 Å². The van der Waals surface area contributed by atoms with Crippen molar-refractivity contribution in [3.63, 3.8) is 0 Å². The Hall–Kier alpha value is -0.155. The van der Waals surface area contributed by atoms with E-state index in [1.165, 1.54) is 6.07 Å². The van der Waals surface area contributed by atoms with Crippen LogP contribution in [0.2, 0.25) is 7.86 Å². The number of rotatable bonds is 1. The average Bonchev–Trinajstić information content (AvgIpc) is 2.90. The van der Waals surface area contributed by atoms with Crippen LogP contribution in [0.25, 0.3) is 0 Å².